The molecule has 0 N–H and O–H groups in total. The second-order valence-electron chi connectivity index (χ2n) is 4.65. The molecule has 114 valence electrons. The Morgan fingerprint density at radius 3 is 3.09 bits per heavy atom. The lowest BCUT2D eigenvalue weighted by Crippen LogP contribution is -1.98. The van der Waals surface area contributed by atoms with Crippen molar-refractivity contribution in [1.82, 2.24) is 24.9 Å². The molecule has 23 heavy (non-hydrogen) atoms. The molecule has 0 spiro atoms. The van der Waals surface area contributed by atoms with Gasteiger partial charge in [0, 0.05) is 17.0 Å². The molecule has 1 aromatic carbocycles. The minimum Gasteiger partial charge on any atom is -0.484 e. The number of nitrogens with zero attached hydrogens (tertiary/aromatic N) is 5. The molecule has 0 fully saturated rings. The van der Waals surface area contributed by atoms with Crippen LogP contribution in [0.2, 0.25) is 0 Å². The van der Waals surface area contributed by atoms with E-state index in [2.05, 4.69) is 20.2 Å². The predicted molar refractivity (Wildman–Crippen MR) is 83.3 cm³/mol. The van der Waals surface area contributed by atoms with Crippen molar-refractivity contribution in [1.29, 1.82) is 0 Å². The molecule has 4 rings (SSSR count). The lowest BCUT2D eigenvalue weighted by atomic mass is 10.3. The number of thiophene rings is 1. The molecule has 0 aliphatic carbocycles. The van der Waals surface area contributed by atoms with Gasteiger partial charge in [-0.3, -0.25) is 0 Å². The summed E-state index contributed by atoms with van der Waals surface area (Å²) in [5.41, 5.74) is 1.81. The number of ether oxygens (including phenoxy) is 1. The van der Waals surface area contributed by atoms with Crippen molar-refractivity contribution in [3.05, 3.63) is 59.6 Å². The van der Waals surface area contributed by atoms with Gasteiger partial charge in [0.25, 0.3) is 5.89 Å². The first-order chi connectivity index (χ1) is 11.4. The fraction of sp³-hybridized carbons (Fsp3) is 0.0667. The summed E-state index contributed by atoms with van der Waals surface area (Å²) in [4.78, 5) is 8.24. The van der Waals surface area contributed by atoms with E-state index in [1.165, 1.54) is 6.33 Å². The zero-order valence-electron chi connectivity index (χ0n) is 11.9. The third kappa shape index (κ3) is 2.97. The molecule has 0 unspecified atom stereocenters. The Kier molecular flexibility index (Phi) is 3.57. The Balaban J connectivity index is 1.46. The van der Waals surface area contributed by atoms with Crippen molar-refractivity contribution in [3.8, 4) is 22.8 Å². The summed E-state index contributed by atoms with van der Waals surface area (Å²) in [7, 11) is 0. The summed E-state index contributed by atoms with van der Waals surface area (Å²) in [6.45, 7) is 0.206. The number of hydrogen-bond acceptors (Lipinski definition) is 7. The Bertz CT molecular complexity index is 886. The van der Waals surface area contributed by atoms with E-state index < -0.39 is 0 Å². The summed E-state index contributed by atoms with van der Waals surface area (Å²) in [6, 6.07) is 9.48. The lowest BCUT2D eigenvalue weighted by molar-refractivity contribution is 0.243. The zero-order valence-corrected chi connectivity index (χ0v) is 12.7. The van der Waals surface area contributed by atoms with E-state index in [-0.39, 0.29) is 6.61 Å². The van der Waals surface area contributed by atoms with E-state index in [0.717, 1.165) is 11.3 Å². The van der Waals surface area contributed by atoms with Gasteiger partial charge >= 0.3 is 0 Å². The van der Waals surface area contributed by atoms with Gasteiger partial charge in [0.05, 0.1) is 5.69 Å². The van der Waals surface area contributed by atoms with Crippen LogP contribution < -0.4 is 4.74 Å². The minimum atomic E-state index is 0.206. The molecule has 0 atom stereocenters. The largest absolute Gasteiger partial charge is 0.484 e. The fourth-order valence-corrected chi connectivity index (χ4v) is 2.66. The highest BCUT2D eigenvalue weighted by Crippen LogP contribution is 2.20. The molecule has 0 saturated carbocycles. The molecule has 0 amide bonds. The van der Waals surface area contributed by atoms with Gasteiger partial charge in [-0.15, -0.1) is 0 Å². The minimum absolute atomic E-state index is 0.206. The van der Waals surface area contributed by atoms with Crippen molar-refractivity contribution in [3.63, 3.8) is 0 Å². The smallest absolute Gasteiger partial charge is 0.264 e. The maximum Gasteiger partial charge on any atom is 0.264 e. The predicted octanol–water partition coefficient (Wildman–Crippen LogP) is 2.96. The Labute approximate surface area is 135 Å². The molecule has 8 heteroatoms. The average Bonchev–Trinajstić information content (AvgIpc) is 3.35. The maximum atomic E-state index is 5.71. The van der Waals surface area contributed by atoms with E-state index >= 15 is 0 Å². The summed E-state index contributed by atoms with van der Waals surface area (Å²) in [5, 5.41) is 12.0. The first kappa shape index (κ1) is 13.6. The molecule has 0 aliphatic rings. The number of rotatable bonds is 5. The highest BCUT2D eigenvalue weighted by atomic mass is 32.1. The molecule has 0 aliphatic heterocycles. The van der Waals surface area contributed by atoms with Crippen molar-refractivity contribution in [2.24, 2.45) is 0 Å². The fourth-order valence-electron chi connectivity index (χ4n) is 2.02. The quantitative estimate of drug-likeness (QED) is 0.561. The zero-order chi connectivity index (χ0) is 15.5. The van der Waals surface area contributed by atoms with Crippen LogP contribution in [0.4, 0.5) is 0 Å². The molecule has 0 radical (unpaired) electrons. The third-order valence-corrected chi connectivity index (χ3v) is 3.79. The topological polar surface area (TPSA) is 78.9 Å². The van der Waals surface area contributed by atoms with Crippen LogP contribution in [-0.2, 0) is 6.61 Å². The molecule has 7 nitrogen and oxygen atoms in total. The SMILES string of the molecule is c1cc(OCc2nc(-c3ccsc3)no2)cc(-n2cncn2)c1. The van der Waals surface area contributed by atoms with Crippen molar-refractivity contribution in [2.45, 2.75) is 6.61 Å². The van der Waals surface area contributed by atoms with E-state index in [0.29, 0.717) is 17.5 Å². The van der Waals surface area contributed by atoms with E-state index in [9.17, 15) is 0 Å². The first-order valence-electron chi connectivity index (χ1n) is 6.81. The van der Waals surface area contributed by atoms with Gasteiger partial charge in [0.1, 0.15) is 18.4 Å². The van der Waals surface area contributed by atoms with Gasteiger partial charge < -0.3 is 9.26 Å². The van der Waals surface area contributed by atoms with E-state index in [1.807, 2.05) is 41.1 Å². The van der Waals surface area contributed by atoms with Gasteiger partial charge in [-0.25, -0.2) is 9.67 Å². The molecule has 0 bridgehead atoms. The monoisotopic (exact) mass is 325 g/mol. The molecule has 3 heterocycles. The summed E-state index contributed by atoms with van der Waals surface area (Å²) in [6.07, 6.45) is 3.11. The Morgan fingerprint density at radius 1 is 1.26 bits per heavy atom. The van der Waals surface area contributed by atoms with Crippen LogP contribution in [0.25, 0.3) is 17.1 Å². The van der Waals surface area contributed by atoms with Gasteiger partial charge in [-0.1, -0.05) is 11.2 Å². The van der Waals surface area contributed by atoms with Crippen molar-refractivity contribution >= 4 is 11.3 Å². The summed E-state index contributed by atoms with van der Waals surface area (Å²) < 4.78 is 12.6. The van der Waals surface area contributed by atoms with Gasteiger partial charge in [-0.2, -0.15) is 21.4 Å². The van der Waals surface area contributed by atoms with E-state index in [1.54, 1.807) is 22.3 Å². The number of benzene rings is 1. The Hall–Kier alpha value is -3.00. The summed E-state index contributed by atoms with van der Waals surface area (Å²) >= 11 is 1.59. The summed E-state index contributed by atoms with van der Waals surface area (Å²) in [5.74, 6) is 1.69. The first-order valence-corrected chi connectivity index (χ1v) is 7.76. The lowest BCUT2D eigenvalue weighted by Gasteiger charge is -2.05. The maximum absolute atomic E-state index is 5.71. The molecular weight excluding hydrogens is 314 g/mol. The van der Waals surface area contributed by atoms with Crippen LogP contribution in [-0.4, -0.2) is 24.9 Å². The van der Waals surface area contributed by atoms with Crippen molar-refractivity contribution in [2.75, 3.05) is 0 Å². The second kappa shape index (κ2) is 6.01. The normalized spacial score (nSPS) is 10.8. The van der Waals surface area contributed by atoms with E-state index in [4.69, 9.17) is 9.26 Å². The standard InChI is InChI=1S/C15H11N5O2S/c1-2-12(20-10-16-9-17-20)6-13(3-1)21-7-14-18-15(19-22-14)11-4-5-23-8-11/h1-6,8-10H,7H2. The molecule has 3 aromatic heterocycles. The van der Waals surface area contributed by atoms with Crippen molar-refractivity contribution < 1.29 is 9.26 Å². The second-order valence-corrected chi connectivity index (χ2v) is 5.43. The van der Waals surface area contributed by atoms with Crippen LogP contribution >= 0.6 is 11.3 Å². The van der Waals surface area contributed by atoms with Crippen LogP contribution in [0.15, 0.2) is 58.3 Å². The van der Waals surface area contributed by atoms with Gasteiger partial charge in [0.2, 0.25) is 5.82 Å². The van der Waals surface area contributed by atoms with Crippen LogP contribution in [0.5, 0.6) is 5.75 Å². The number of hydrogen-bond donors (Lipinski definition) is 0. The van der Waals surface area contributed by atoms with Crippen LogP contribution in [0.1, 0.15) is 5.89 Å². The van der Waals surface area contributed by atoms with Crippen LogP contribution in [0, 0.1) is 0 Å². The third-order valence-electron chi connectivity index (χ3n) is 3.11. The highest BCUT2D eigenvalue weighted by molar-refractivity contribution is 7.08. The van der Waals surface area contributed by atoms with Gasteiger partial charge in [0.15, 0.2) is 6.61 Å². The Morgan fingerprint density at radius 2 is 2.26 bits per heavy atom. The average molecular weight is 325 g/mol. The van der Waals surface area contributed by atoms with Crippen LogP contribution in [0.3, 0.4) is 0 Å². The van der Waals surface area contributed by atoms with Gasteiger partial charge in [-0.05, 0) is 23.6 Å². The number of aromatic nitrogens is 5. The molecule has 4 aromatic rings. The highest BCUT2D eigenvalue weighted by Gasteiger charge is 2.09. The molecular formula is C15H11N5O2S. The molecule has 0 saturated heterocycles.